The maximum Gasteiger partial charge on any atom is 0.185 e. The van der Waals surface area contributed by atoms with E-state index in [1.54, 1.807) is 33.6 Å². The fourth-order valence-corrected chi connectivity index (χ4v) is 11.9. The number of carbonyl (C=O) groups is 2. The first kappa shape index (κ1) is 58.3. The van der Waals surface area contributed by atoms with Gasteiger partial charge in [-0.1, -0.05) is 116 Å². The van der Waals surface area contributed by atoms with E-state index in [2.05, 4.69) is 39.9 Å². The Labute approximate surface area is 471 Å². The second kappa shape index (κ2) is 25.5. The second-order valence-electron chi connectivity index (χ2n) is 20.9. The van der Waals surface area contributed by atoms with Crippen LogP contribution in [0.2, 0.25) is 0 Å². The first-order chi connectivity index (χ1) is 37.4. The number of nitrogens with two attached hydrogens (primary N) is 1. The van der Waals surface area contributed by atoms with E-state index in [9.17, 15) is 26.4 Å². The van der Waals surface area contributed by atoms with Crippen LogP contribution in [0.15, 0.2) is 168 Å². The van der Waals surface area contributed by atoms with E-state index in [1.807, 2.05) is 135 Å². The summed E-state index contributed by atoms with van der Waals surface area (Å²) in [5, 5.41) is 16.4. The van der Waals surface area contributed by atoms with Gasteiger partial charge in [0.2, 0.25) is 0 Å². The molecule has 2 aromatic heterocycles. The van der Waals surface area contributed by atoms with Crippen LogP contribution in [0, 0.1) is 25.7 Å². The summed E-state index contributed by atoms with van der Waals surface area (Å²) in [6.07, 6.45) is 8.56. The summed E-state index contributed by atoms with van der Waals surface area (Å²) in [5.74, 6) is 1.17. The molecule has 412 valence electrons. The third-order valence-electron chi connectivity index (χ3n) is 14.4. The number of benzene rings is 6. The minimum Gasteiger partial charge on any atom is -0.326 e. The number of carbonyl (C=O) groups excluding carboxylic acids is 2. The van der Waals surface area contributed by atoms with Gasteiger partial charge in [0.1, 0.15) is 11.4 Å². The number of aromatic nitrogens is 4. The lowest BCUT2D eigenvalue weighted by Crippen LogP contribution is -2.26. The molecule has 6 aromatic carbocycles. The number of nitrogens with zero attached hydrogens (tertiary/aromatic N) is 4. The highest BCUT2D eigenvalue weighted by atomic mass is 35.5. The molecule has 8 aromatic rings. The zero-order chi connectivity index (χ0) is 55.1. The van der Waals surface area contributed by atoms with Crippen molar-refractivity contribution in [3.8, 4) is 11.4 Å². The molecular weight excluding hydrogens is 1050 g/mol. The predicted molar refractivity (Wildman–Crippen MR) is 314 cm³/mol. The molecule has 79 heavy (non-hydrogen) atoms. The number of aryl methyl sites for hydroxylation is 3. The molecule has 2 saturated carbocycles. The highest BCUT2D eigenvalue weighted by Crippen LogP contribution is 2.35. The van der Waals surface area contributed by atoms with E-state index in [0.29, 0.717) is 39.6 Å². The highest BCUT2D eigenvalue weighted by Gasteiger charge is 2.29. The molecule has 2 aliphatic carbocycles. The van der Waals surface area contributed by atoms with Crippen LogP contribution in [-0.4, -0.2) is 73.6 Å². The Morgan fingerprint density at radius 3 is 1.34 bits per heavy atom. The quantitative estimate of drug-likeness (QED) is 0.0548. The van der Waals surface area contributed by atoms with Crippen molar-refractivity contribution >= 4 is 43.6 Å². The van der Waals surface area contributed by atoms with E-state index < -0.39 is 19.7 Å². The average Bonchev–Trinajstić information content (AvgIpc) is 4.41. The molecule has 2 unspecified atom stereocenters. The third kappa shape index (κ3) is 14.9. The lowest BCUT2D eigenvalue weighted by Gasteiger charge is -2.23. The highest BCUT2D eigenvalue weighted by molar-refractivity contribution is 7.91. The molecule has 0 aliphatic heterocycles. The molecule has 0 bridgehead atoms. The van der Waals surface area contributed by atoms with E-state index in [1.165, 1.54) is 43.8 Å². The Kier molecular flexibility index (Phi) is 18.8. The smallest absolute Gasteiger partial charge is 0.185 e. The van der Waals surface area contributed by atoms with Crippen molar-refractivity contribution in [3.63, 3.8) is 0 Å². The molecular formula is C63H70ClN7O6S2. The van der Waals surface area contributed by atoms with Gasteiger partial charge >= 0.3 is 0 Å². The molecule has 0 saturated heterocycles. The first-order valence-corrected chi connectivity index (χ1v) is 30.5. The SMILES string of the molecule is CCc1cccc(-n2nc(C)cc2C(=O)Cc2cccc(C(NCC3CC3)c3ccccc3S(C)(=O)=O)c2)c1.Cc1cc(C(=O)Cc2cccc(C(NCC3CC3)c3ccccc3S(C)(=O)=O)c2)n(-c2cccc(CN)c2)n1.Cl. The third-order valence-corrected chi connectivity index (χ3v) is 16.7. The number of nitrogens with one attached hydrogen (secondary N) is 2. The fraction of sp³-hybridized carbons (Fsp3) is 0.302. The van der Waals surface area contributed by atoms with Gasteiger partial charge in [-0.15, -0.1) is 12.4 Å². The first-order valence-electron chi connectivity index (χ1n) is 26.8. The standard InChI is InChI=1S/C32H35N3O3S.C31H34N4O3S.ClH/c1-4-23-9-8-12-27(19-23)35-29(17-22(2)34-35)30(36)20-25-10-7-11-26(18-25)32(33-21-24-15-16-24)28-13-5-6-14-31(28)39(3,37)38;1-21-15-28(35(34-21)26-10-6-8-24(17-26)19-32)29(36)18-23-7-5-9-25(16-23)31(33-20-22-13-14-22)27-11-3-4-12-30(27)39(2,37)38;/h5-14,17-19,24,32-33H,4,15-16,20-21H2,1-3H3;3-12,15-17,22,31,33H,13-14,18-20,32H2,1-2H3;1H. The van der Waals surface area contributed by atoms with Crippen molar-refractivity contribution < 1.29 is 26.4 Å². The van der Waals surface area contributed by atoms with E-state index >= 15 is 0 Å². The fourth-order valence-electron chi connectivity index (χ4n) is 9.97. The molecule has 16 heteroatoms. The van der Waals surface area contributed by atoms with Crippen LogP contribution in [0.25, 0.3) is 11.4 Å². The molecule has 0 amide bonds. The van der Waals surface area contributed by atoms with Gasteiger partial charge in [0, 0.05) is 31.9 Å². The molecule has 0 radical (unpaired) electrons. The molecule has 4 N–H and O–H groups in total. The summed E-state index contributed by atoms with van der Waals surface area (Å²) in [6.45, 7) is 7.91. The number of Topliss-reactive ketones (excluding diaryl/α,β-unsaturated/α-hetero) is 2. The molecule has 2 aliphatic rings. The monoisotopic (exact) mass is 1120 g/mol. The van der Waals surface area contributed by atoms with Crippen LogP contribution in [0.1, 0.15) is 122 Å². The van der Waals surface area contributed by atoms with Gasteiger partial charge in [-0.25, -0.2) is 26.2 Å². The molecule has 2 heterocycles. The summed E-state index contributed by atoms with van der Waals surface area (Å²) < 4.78 is 53.9. The lowest BCUT2D eigenvalue weighted by molar-refractivity contribution is 0.0977. The van der Waals surface area contributed by atoms with Gasteiger partial charge in [-0.2, -0.15) is 10.2 Å². The van der Waals surface area contributed by atoms with Gasteiger partial charge in [-0.3, -0.25) is 9.59 Å². The van der Waals surface area contributed by atoms with Crippen molar-refractivity contribution in [2.45, 2.75) is 94.1 Å². The maximum absolute atomic E-state index is 13.6. The van der Waals surface area contributed by atoms with Gasteiger partial charge in [-0.05, 0) is 164 Å². The normalized spacial score (nSPS) is 14.2. The van der Waals surface area contributed by atoms with Gasteiger partial charge in [0.15, 0.2) is 31.2 Å². The lowest BCUT2D eigenvalue weighted by atomic mass is 9.95. The minimum atomic E-state index is -3.42. The van der Waals surface area contributed by atoms with E-state index in [0.717, 1.165) is 81.2 Å². The number of halogens is 1. The minimum absolute atomic E-state index is 0. The summed E-state index contributed by atoms with van der Waals surface area (Å²) in [6, 6.07) is 49.0. The molecule has 10 rings (SSSR count). The van der Waals surface area contributed by atoms with Crippen LogP contribution in [-0.2, 0) is 45.5 Å². The summed E-state index contributed by atoms with van der Waals surface area (Å²) in [5.41, 5.74) is 17.3. The summed E-state index contributed by atoms with van der Waals surface area (Å²) in [7, 11) is -6.83. The Hall–Kier alpha value is -6.85. The predicted octanol–water partition coefficient (Wildman–Crippen LogP) is 10.6. The van der Waals surface area contributed by atoms with Crippen molar-refractivity contribution in [2.24, 2.45) is 17.6 Å². The molecule has 13 nitrogen and oxygen atoms in total. The Bertz CT molecular complexity index is 3460. The topological polar surface area (TPSA) is 188 Å². The molecule has 2 atom stereocenters. The summed E-state index contributed by atoms with van der Waals surface area (Å²) >= 11 is 0. The van der Waals surface area contributed by atoms with Crippen molar-refractivity contribution in [2.75, 3.05) is 25.6 Å². The van der Waals surface area contributed by atoms with Crippen LogP contribution in [0.3, 0.4) is 0 Å². The van der Waals surface area contributed by atoms with E-state index in [4.69, 9.17) is 5.73 Å². The van der Waals surface area contributed by atoms with Crippen LogP contribution in [0.5, 0.6) is 0 Å². The van der Waals surface area contributed by atoms with Crippen molar-refractivity contribution in [3.05, 3.63) is 225 Å². The second-order valence-corrected chi connectivity index (χ2v) is 24.9. The average molecular weight is 1120 g/mol. The van der Waals surface area contributed by atoms with E-state index in [-0.39, 0.29) is 48.9 Å². The zero-order valence-corrected chi connectivity index (χ0v) is 47.9. The zero-order valence-electron chi connectivity index (χ0n) is 45.4. The van der Waals surface area contributed by atoms with Crippen LogP contribution in [0.4, 0.5) is 0 Å². The molecule has 2 fully saturated rings. The summed E-state index contributed by atoms with van der Waals surface area (Å²) in [4.78, 5) is 27.8. The Morgan fingerprint density at radius 2 is 0.937 bits per heavy atom. The molecule has 0 spiro atoms. The number of hydrogen-bond acceptors (Lipinski definition) is 11. The van der Waals surface area contributed by atoms with Gasteiger partial charge in [0.25, 0.3) is 0 Å². The van der Waals surface area contributed by atoms with Gasteiger partial charge < -0.3 is 16.4 Å². The Morgan fingerprint density at radius 1 is 0.544 bits per heavy atom. The number of rotatable bonds is 22. The van der Waals surface area contributed by atoms with Crippen molar-refractivity contribution in [1.29, 1.82) is 0 Å². The number of hydrogen-bond donors (Lipinski definition) is 3. The number of sulfone groups is 2. The maximum atomic E-state index is 13.6. The van der Waals surface area contributed by atoms with Crippen molar-refractivity contribution in [1.82, 2.24) is 30.2 Å². The van der Waals surface area contributed by atoms with Crippen LogP contribution >= 0.6 is 12.4 Å². The largest absolute Gasteiger partial charge is 0.326 e. The van der Waals surface area contributed by atoms with Crippen LogP contribution < -0.4 is 16.4 Å². The van der Waals surface area contributed by atoms with Gasteiger partial charge in [0.05, 0.1) is 44.6 Å². The Balaban J connectivity index is 0.000000205. The number of ketones is 2.